The molecule has 0 amide bonds. The molecule has 18 heavy (non-hydrogen) atoms. The lowest BCUT2D eigenvalue weighted by molar-refractivity contribution is -0.276. The van der Waals surface area contributed by atoms with Crippen molar-refractivity contribution in [3.05, 3.63) is 11.6 Å². The summed E-state index contributed by atoms with van der Waals surface area (Å²) in [6, 6.07) is 0.977. The maximum atomic E-state index is 12.1. The quantitative estimate of drug-likeness (QED) is 0.801. The number of alkyl halides is 3. The molecule has 0 saturated carbocycles. The van der Waals surface area contributed by atoms with Crippen LogP contribution in [0.15, 0.2) is 11.1 Å². The molecule has 0 radical (unpaired) electrons. The number of ether oxygens (including phenoxy) is 2. The van der Waals surface area contributed by atoms with Crippen LogP contribution in [0, 0.1) is 6.92 Å². The summed E-state index contributed by atoms with van der Waals surface area (Å²) in [4.78, 5) is 3.17. The van der Waals surface area contributed by atoms with Gasteiger partial charge >= 0.3 is 6.36 Å². The van der Waals surface area contributed by atoms with Gasteiger partial charge in [-0.15, -0.1) is 13.2 Å². The van der Waals surface area contributed by atoms with Gasteiger partial charge in [0.05, 0.1) is 7.11 Å². The zero-order valence-electron chi connectivity index (χ0n) is 9.08. The fraction of sp³-hybridized carbons (Fsp3) is 0.375. The third kappa shape index (κ3) is 3.64. The predicted molar refractivity (Wildman–Crippen MR) is 55.2 cm³/mol. The molecular formula is C8H7ClF3NO4S. The van der Waals surface area contributed by atoms with Gasteiger partial charge in [0.25, 0.3) is 14.9 Å². The summed E-state index contributed by atoms with van der Waals surface area (Å²) in [5, 5.41) is -0.748. The summed E-state index contributed by atoms with van der Waals surface area (Å²) in [5.74, 6) is -1.33. The lowest BCUT2D eigenvalue weighted by atomic mass is 10.3. The van der Waals surface area contributed by atoms with Crippen molar-refractivity contribution in [2.45, 2.75) is 18.3 Å². The molecular weight excluding hydrogens is 299 g/mol. The van der Waals surface area contributed by atoms with Crippen LogP contribution in [0.2, 0.25) is 0 Å². The molecule has 5 nitrogen and oxygen atoms in total. The highest BCUT2D eigenvalue weighted by molar-refractivity contribution is 8.13. The summed E-state index contributed by atoms with van der Waals surface area (Å²) in [6.45, 7) is 1.33. The van der Waals surface area contributed by atoms with Crippen LogP contribution in [0.5, 0.6) is 11.6 Å². The molecule has 1 aromatic rings. The van der Waals surface area contributed by atoms with E-state index in [2.05, 4.69) is 14.5 Å². The number of nitrogens with zero attached hydrogens (tertiary/aromatic N) is 1. The fourth-order valence-electron chi connectivity index (χ4n) is 1.15. The van der Waals surface area contributed by atoms with E-state index in [9.17, 15) is 21.6 Å². The molecule has 0 atom stereocenters. The van der Waals surface area contributed by atoms with Crippen molar-refractivity contribution < 1.29 is 31.1 Å². The van der Waals surface area contributed by atoms with E-state index in [1.54, 1.807) is 0 Å². The zero-order valence-corrected chi connectivity index (χ0v) is 10.7. The first kappa shape index (κ1) is 14.8. The molecule has 0 aliphatic rings. The van der Waals surface area contributed by atoms with Gasteiger partial charge in [-0.1, -0.05) is 0 Å². The maximum absolute atomic E-state index is 12.1. The van der Waals surface area contributed by atoms with Crippen molar-refractivity contribution in [1.29, 1.82) is 0 Å². The Labute approximate surface area is 105 Å². The summed E-state index contributed by atoms with van der Waals surface area (Å²) >= 11 is 0. The van der Waals surface area contributed by atoms with Crippen LogP contribution in [0.4, 0.5) is 13.2 Å². The van der Waals surface area contributed by atoms with Crippen LogP contribution < -0.4 is 9.47 Å². The molecule has 10 heteroatoms. The van der Waals surface area contributed by atoms with Gasteiger partial charge in [0, 0.05) is 10.7 Å². The topological polar surface area (TPSA) is 65.5 Å². The summed E-state index contributed by atoms with van der Waals surface area (Å²) in [6.07, 6.45) is -5.03. The van der Waals surface area contributed by atoms with Crippen LogP contribution in [0.25, 0.3) is 0 Å². The molecule has 0 saturated heterocycles. The van der Waals surface area contributed by atoms with Gasteiger partial charge in [0.2, 0.25) is 0 Å². The van der Waals surface area contributed by atoms with Crippen molar-refractivity contribution in [3.8, 4) is 11.6 Å². The number of hydrogen-bond acceptors (Lipinski definition) is 5. The van der Waals surface area contributed by atoms with Crippen molar-refractivity contribution in [2.75, 3.05) is 7.11 Å². The number of aromatic nitrogens is 1. The molecule has 1 rings (SSSR count). The van der Waals surface area contributed by atoms with E-state index in [1.807, 2.05) is 0 Å². The fourth-order valence-corrected chi connectivity index (χ4v) is 1.90. The van der Waals surface area contributed by atoms with E-state index >= 15 is 0 Å². The average molecular weight is 306 g/mol. The van der Waals surface area contributed by atoms with Gasteiger partial charge in [-0.3, -0.25) is 0 Å². The highest BCUT2D eigenvalue weighted by atomic mass is 35.7. The zero-order chi connectivity index (χ0) is 14.1. The predicted octanol–water partition coefficient (Wildman–Crippen LogP) is 2.22. The average Bonchev–Trinajstić information content (AvgIpc) is 2.13. The first-order valence-electron chi connectivity index (χ1n) is 4.30. The Bertz CT molecular complexity index is 558. The minimum absolute atomic E-state index is 0.0889. The Hall–Kier alpha value is -1.22. The molecule has 0 fully saturated rings. The van der Waals surface area contributed by atoms with E-state index in [0.717, 1.165) is 13.2 Å². The van der Waals surface area contributed by atoms with E-state index < -0.39 is 26.3 Å². The molecule has 0 unspecified atom stereocenters. The lowest BCUT2D eigenvalue weighted by Crippen LogP contribution is -2.19. The summed E-state index contributed by atoms with van der Waals surface area (Å²) in [5.41, 5.74) is 0.0889. The first-order chi connectivity index (χ1) is 8.04. The Morgan fingerprint density at radius 1 is 1.39 bits per heavy atom. The SMILES string of the molecule is COc1c(C)cc(S(=O)(=O)Cl)nc1OC(F)(F)F. The summed E-state index contributed by atoms with van der Waals surface area (Å²) in [7, 11) is 1.83. The van der Waals surface area contributed by atoms with E-state index in [0.29, 0.717) is 0 Å². The lowest BCUT2D eigenvalue weighted by Gasteiger charge is -2.13. The maximum Gasteiger partial charge on any atom is 0.574 e. The van der Waals surface area contributed by atoms with Gasteiger partial charge in [-0.2, -0.15) is 4.98 Å². The molecule has 0 aliphatic heterocycles. The van der Waals surface area contributed by atoms with Crippen molar-refractivity contribution in [2.24, 2.45) is 0 Å². The number of halogens is 4. The molecule has 1 heterocycles. The second-order valence-corrected chi connectivity index (χ2v) is 5.61. The van der Waals surface area contributed by atoms with E-state index in [4.69, 9.17) is 10.7 Å². The van der Waals surface area contributed by atoms with Crippen molar-refractivity contribution in [1.82, 2.24) is 4.98 Å². The third-order valence-corrected chi connectivity index (χ3v) is 2.95. The monoisotopic (exact) mass is 305 g/mol. The van der Waals surface area contributed by atoms with Gasteiger partial charge < -0.3 is 9.47 Å². The number of rotatable bonds is 3. The Morgan fingerprint density at radius 2 is 1.94 bits per heavy atom. The van der Waals surface area contributed by atoms with Crippen LogP contribution in [0.1, 0.15) is 5.56 Å². The highest BCUT2D eigenvalue weighted by Gasteiger charge is 2.34. The molecule has 1 aromatic heterocycles. The molecule has 0 aliphatic carbocycles. The Balaban J connectivity index is 3.42. The van der Waals surface area contributed by atoms with E-state index in [1.165, 1.54) is 6.92 Å². The van der Waals surface area contributed by atoms with Crippen LogP contribution >= 0.6 is 10.7 Å². The normalized spacial score (nSPS) is 12.3. The van der Waals surface area contributed by atoms with Crippen LogP contribution in [-0.2, 0) is 9.05 Å². The van der Waals surface area contributed by atoms with Gasteiger partial charge in [0.1, 0.15) is 0 Å². The van der Waals surface area contributed by atoms with Crippen LogP contribution in [0.3, 0.4) is 0 Å². The number of hydrogen-bond donors (Lipinski definition) is 0. The molecule has 0 spiro atoms. The first-order valence-corrected chi connectivity index (χ1v) is 6.61. The van der Waals surface area contributed by atoms with Crippen molar-refractivity contribution >= 4 is 19.7 Å². The minimum atomic E-state index is -5.03. The second kappa shape index (κ2) is 4.81. The number of methoxy groups -OCH3 is 1. The molecule has 0 bridgehead atoms. The van der Waals surface area contributed by atoms with Gasteiger partial charge in [-0.25, -0.2) is 8.42 Å². The Kier molecular flexibility index (Phi) is 3.96. The minimum Gasteiger partial charge on any atom is -0.491 e. The highest BCUT2D eigenvalue weighted by Crippen LogP contribution is 2.34. The molecule has 102 valence electrons. The third-order valence-electron chi connectivity index (χ3n) is 1.77. The Morgan fingerprint density at radius 3 is 2.33 bits per heavy atom. The van der Waals surface area contributed by atoms with E-state index in [-0.39, 0.29) is 11.3 Å². The largest absolute Gasteiger partial charge is 0.574 e. The molecule has 0 aromatic carbocycles. The van der Waals surface area contributed by atoms with Gasteiger partial charge in [-0.05, 0) is 18.6 Å². The molecule has 0 N–H and O–H groups in total. The second-order valence-electron chi connectivity index (χ2n) is 3.10. The van der Waals surface area contributed by atoms with Gasteiger partial charge in [0.15, 0.2) is 10.8 Å². The standard InChI is InChI=1S/C8H7ClF3NO4S/c1-4-3-5(18(9,14)15)13-7(6(4)16-2)17-8(10,11)12/h3H,1-2H3. The number of aryl methyl sites for hydroxylation is 1. The smallest absolute Gasteiger partial charge is 0.491 e. The van der Waals surface area contributed by atoms with Crippen molar-refractivity contribution in [3.63, 3.8) is 0 Å². The number of pyridine rings is 1. The van der Waals surface area contributed by atoms with Crippen LogP contribution in [-0.4, -0.2) is 26.9 Å². The summed E-state index contributed by atoms with van der Waals surface area (Å²) < 4.78 is 66.7.